The monoisotopic (exact) mass is 401 g/mol. The van der Waals surface area contributed by atoms with Gasteiger partial charge in [0.25, 0.3) is 0 Å². The summed E-state index contributed by atoms with van der Waals surface area (Å²) in [5, 5.41) is 10.4. The number of ether oxygens (including phenoxy) is 3. The Kier molecular flexibility index (Phi) is 7.33. The summed E-state index contributed by atoms with van der Waals surface area (Å²) < 4.78 is 15.0. The number of carbonyl (C=O) groups is 3. The summed E-state index contributed by atoms with van der Waals surface area (Å²) in [5.74, 6) is -1.42. The van der Waals surface area contributed by atoms with Crippen molar-refractivity contribution in [3.05, 3.63) is 65.7 Å². The first kappa shape index (κ1) is 21.9. The molecule has 0 spiro atoms. The van der Waals surface area contributed by atoms with E-state index in [4.69, 9.17) is 14.2 Å². The summed E-state index contributed by atoms with van der Waals surface area (Å²) >= 11 is 0. The fourth-order valence-corrected chi connectivity index (χ4v) is 2.53. The second-order valence-electron chi connectivity index (χ2n) is 6.20. The molecule has 29 heavy (non-hydrogen) atoms. The van der Waals surface area contributed by atoms with Crippen LogP contribution >= 0.6 is 0 Å². The molecule has 0 saturated carbocycles. The number of ketones is 1. The molecule has 0 aliphatic carbocycles. The maximum atomic E-state index is 13.1. The number of amides is 1. The first-order chi connectivity index (χ1) is 13.8. The molecule has 1 atom stereocenters. The van der Waals surface area contributed by atoms with Gasteiger partial charge in [-0.15, -0.1) is 0 Å². The quantitative estimate of drug-likeness (QED) is 0.238. The third-order valence-electron chi connectivity index (χ3n) is 4.27. The van der Waals surface area contributed by atoms with Gasteiger partial charge in [0.15, 0.2) is 0 Å². The zero-order valence-corrected chi connectivity index (χ0v) is 16.5. The summed E-state index contributed by atoms with van der Waals surface area (Å²) in [4.78, 5) is 38.0. The van der Waals surface area contributed by atoms with Gasteiger partial charge in [-0.2, -0.15) is 5.06 Å². The normalized spacial score (nSPS) is 12.4. The van der Waals surface area contributed by atoms with Crippen LogP contribution in [-0.2, 0) is 20.9 Å². The van der Waals surface area contributed by atoms with Gasteiger partial charge in [-0.3, -0.25) is 10.0 Å². The number of methoxy groups -OCH3 is 1. The molecule has 0 heterocycles. The van der Waals surface area contributed by atoms with E-state index in [1.165, 1.54) is 31.4 Å². The van der Waals surface area contributed by atoms with E-state index in [2.05, 4.69) is 0 Å². The lowest BCUT2D eigenvalue weighted by Crippen LogP contribution is -2.59. The predicted octanol–water partition coefficient (Wildman–Crippen LogP) is 3.23. The van der Waals surface area contributed by atoms with Crippen molar-refractivity contribution < 1.29 is 33.8 Å². The Balaban J connectivity index is 2.27. The minimum atomic E-state index is -2.33. The largest absolute Gasteiger partial charge is 0.497 e. The van der Waals surface area contributed by atoms with Crippen molar-refractivity contribution in [1.82, 2.24) is 5.06 Å². The van der Waals surface area contributed by atoms with E-state index >= 15 is 0 Å². The van der Waals surface area contributed by atoms with Gasteiger partial charge in [0.2, 0.25) is 11.3 Å². The number of carbonyl (C=O) groups excluding carboxylic acids is 3. The Labute approximate surface area is 168 Å². The van der Waals surface area contributed by atoms with Crippen molar-refractivity contribution in [3.8, 4) is 5.75 Å². The first-order valence-corrected chi connectivity index (χ1v) is 8.90. The molecule has 0 aliphatic rings. The van der Waals surface area contributed by atoms with Gasteiger partial charge in [-0.1, -0.05) is 30.3 Å². The molecule has 154 valence electrons. The lowest BCUT2D eigenvalue weighted by molar-refractivity contribution is -0.177. The molecule has 0 saturated heterocycles. The lowest BCUT2D eigenvalue weighted by Gasteiger charge is -2.32. The van der Waals surface area contributed by atoms with E-state index in [1.54, 1.807) is 37.3 Å². The molecule has 1 N–H and O–H groups in total. The van der Waals surface area contributed by atoms with Crippen LogP contribution in [0, 0.1) is 0 Å². The lowest BCUT2D eigenvalue weighted by atomic mass is 9.90. The van der Waals surface area contributed by atoms with Crippen LogP contribution < -0.4 is 4.74 Å². The predicted molar refractivity (Wildman–Crippen MR) is 103 cm³/mol. The molecule has 2 aromatic rings. The number of nitrogens with zero attached hydrogens (tertiary/aromatic N) is 1. The van der Waals surface area contributed by atoms with Crippen LogP contribution in [0.5, 0.6) is 5.75 Å². The van der Waals surface area contributed by atoms with Crippen molar-refractivity contribution >= 4 is 17.8 Å². The van der Waals surface area contributed by atoms with Crippen molar-refractivity contribution in [2.45, 2.75) is 26.0 Å². The smallest absolute Gasteiger partial charge is 0.435 e. The molecule has 2 aromatic carbocycles. The van der Waals surface area contributed by atoms with E-state index in [0.717, 1.165) is 6.92 Å². The average Bonchev–Trinajstić information content (AvgIpc) is 2.76. The number of Topliss-reactive ketones (excluding diaryl/α,β-unsaturated/α-hetero) is 1. The molecular weight excluding hydrogens is 378 g/mol. The van der Waals surface area contributed by atoms with E-state index in [9.17, 15) is 19.6 Å². The van der Waals surface area contributed by atoms with Gasteiger partial charge in [-0.05, 0) is 43.7 Å². The van der Waals surface area contributed by atoms with Gasteiger partial charge in [-0.25, -0.2) is 9.59 Å². The highest BCUT2D eigenvalue weighted by atomic mass is 16.6. The fourth-order valence-electron chi connectivity index (χ4n) is 2.53. The highest BCUT2D eigenvalue weighted by Crippen LogP contribution is 2.24. The molecule has 8 heteroatoms. The van der Waals surface area contributed by atoms with E-state index in [0.29, 0.717) is 11.3 Å². The van der Waals surface area contributed by atoms with Crippen LogP contribution in [0.3, 0.4) is 0 Å². The van der Waals surface area contributed by atoms with Crippen LogP contribution in [0.25, 0.3) is 0 Å². The Morgan fingerprint density at radius 1 is 1.00 bits per heavy atom. The Bertz CT molecular complexity index is 851. The molecule has 0 aromatic heterocycles. The van der Waals surface area contributed by atoms with E-state index in [1.807, 2.05) is 0 Å². The zero-order chi connectivity index (χ0) is 21.4. The molecule has 0 radical (unpaired) electrons. The van der Waals surface area contributed by atoms with Gasteiger partial charge >= 0.3 is 12.1 Å². The molecule has 0 aliphatic heterocycles. The summed E-state index contributed by atoms with van der Waals surface area (Å²) in [7, 11) is 1.47. The summed E-state index contributed by atoms with van der Waals surface area (Å²) in [6.45, 7) is 2.45. The van der Waals surface area contributed by atoms with E-state index < -0.39 is 23.4 Å². The molecule has 8 nitrogen and oxygen atoms in total. The number of rotatable bonds is 8. The molecular formula is C21H23NO7. The molecule has 0 bridgehead atoms. The van der Waals surface area contributed by atoms with Gasteiger partial charge in [0.05, 0.1) is 13.7 Å². The molecule has 0 fully saturated rings. The SMILES string of the molecule is CCOC(=O)C(C)(C(=O)c1ccc(OC)cc1)N(O)C(=O)OCc1ccccc1. The second kappa shape index (κ2) is 9.70. The Morgan fingerprint density at radius 3 is 2.17 bits per heavy atom. The number of hydrogen-bond donors (Lipinski definition) is 1. The zero-order valence-electron chi connectivity index (χ0n) is 16.5. The third-order valence-corrected chi connectivity index (χ3v) is 4.27. The van der Waals surface area contributed by atoms with Gasteiger partial charge in [0, 0.05) is 5.56 Å². The topological polar surface area (TPSA) is 102 Å². The van der Waals surface area contributed by atoms with Gasteiger partial charge < -0.3 is 14.2 Å². The number of esters is 1. The number of benzene rings is 2. The van der Waals surface area contributed by atoms with Crippen LogP contribution in [-0.4, -0.2) is 47.4 Å². The maximum absolute atomic E-state index is 13.1. The van der Waals surface area contributed by atoms with Crippen molar-refractivity contribution in [2.24, 2.45) is 0 Å². The van der Waals surface area contributed by atoms with Crippen molar-refractivity contribution in [2.75, 3.05) is 13.7 Å². The van der Waals surface area contributed by atoms with Gasteiger partial charge in [0.1, 0.15) is 12.4 Å². The molecule has 1 unspecified atom stereocenters. The van der Waals surface area contributed by atoms with Crippen LogP contribution in [0.1, 0.15) is 29.8 Å². The third kappa shape index (κ3) is 4.91. The number of hydrogen-bond acceptors (Lipinski definition) is 7. The van der Waals surface area contributed by atoms with Crippen molar-refractivity contribution in [3.63, 3.8) is 0 Å². The van der Waals surface area contributed by atoms with Crippen molar-refractivity contribution in [1.29, 1.82) is 0 Å². The van der Waals surface area contributed by atoms with Crippen LogP contribution in [0.15, 0.2) is 54.6 Å². The van der Waals surface area contributed by atoms with Crippen LogP contribution in [0.2, 0.25) is 0 Å². The highest BCUT2D eigenvalue weighted by Gasteiger charge is 2.51. The standard InChI is InChI=1S/C21H23NO7/c1-4-28-19(24)21(2,18(23)16-10-12-17(27-3)13-11-16)22(26)20(25)29-14-15-8-6-5-7-9-15/h5-13,26H,4,14H2,1-3H3. The summed E-state index contributed by atoms with van der Waals surface area (Å²) in [6, 6.07) is 14.6. The molecule has 1 amide bonds. The average molecular weight is 401 g/mol. The fraction of sp³-hybridized carbons (Fsp3) is 0.286. The Morgan fingerprint density at radius 2 is 1.62 bits per heavy atom. The minimum Gasteiger partial charge on any atom is -0.497 e. The summed E-state index contributed by atoms with van der Waals surface area (Å²) in [5.41, 5.74) is -1.58. The van der Waals surface area contributed by atoms with Crippen LogP contribution in [0.4, 0.5) is 4.79 Å². The maximum Gasteiger partial charge on any atom is 0.435 e. The van der Waals surface area contributed by atoms with E-state index in [-0.39, 0.29) is 23.8 Å². The highest BCUT2D eigenvalue weighted by molar-refractivity contribution is 6.17. The summed E-state index contributed by atoms with van der Waals surface area (Å²) in [6.07, 6.45) is -1.26. The number of hydroxylamine groups is 2. The molecule has 2 rings (SSSR count). The Hall–Kier alpha value is -3.39. The minimum absolute atomic E-state index is 0.0273. The first-order valence-electron chi connectivity index (χ1n) is 8.90. The second-order valence-corrected chi connectivity index (χ2v) is 6.20.